The van der Waals surface area contributed by atoms with E-state index in [1.54, 1.807) is 0 Å². The van der Waals surface area contributed by atoms with E-state index < -0.39 is 5.72 Å². The maximum absolute atomic E-state index is 11.1. The van der Waals surface area contributed by atoms with Crippen molar-refractivity contribution in [3.63, 3.8) is 0 Å². The summed E-state index contributed by atoms with van der Waals surface area (Å²) in [4.78, 5) is 11.1. The van der Waals surface area contributed by atoms with Crippen LogP contribution in [0.2, 0.25) is 0 Å². The van der Waals surface area contributed by atoms with Crippen LogP contribution in [0.4, 0.5) is 0 Å². The Morgan fingerprint density at radius 1 is 1.42 bits per heavy atom. The SMILES string of the molecule is O=C1CC[C@H]2CCCC[C@@]2(O)N1. The van der Waals surface area contributed by atoms with Crippen LogP contribution in [0.15, 0.2) is 0 Å². The molecule has 2 aliphatic rings. The topological polar surface area (TPSA) is 49.3 Å². The summed E-state index contributed by atoms with van der Waals surface area (Å²) in [7, 11) is 0. The van der Waals surface area contributed by atoms with E-state index in [9.17, 15) is 9.90 Å². The molecule has 0 aromatic heterocycles. The van der Waals surface area contributed by atoms with Gasteiger partial charge in [0.05, 0.1) is 0 Å². The molecule has 0 aromatic carbocycles. The van der Waals surface area contributed by atoms with Crippen molar-refractivity contribution in [2.24, 2.45) is 5.92 Å². The molecule has 1 aliphatic carbocycles. The van der Waals surface area contributed by atoms with Crippen LogP contribution in [0.5, 0.6) is 0 Å². The molecular weight excluding hydrogens is 154 g/mol. The number of carbonyl (C=O) groups is 1. The van der Waals surface area contributed by atoms with Crippen molar-refractivity contribution in [2.75, 3.05) is 0 Å². The van der Waals surface area contributed by atoms with Gasteiger partial charge in [-0.05, 0) is 25.7 Å². The first kappa shape index (κ1) is 8.05. The molecule has 0 bridgehead atoms. The van der Waals surface area contributed by atoms with E-state index in [2.05, 4.69) is 5.32 Å². The van der Waals surface area contributed by atoms with Crippen molar-refractivity contribution in [3.05, 3.63) is 0 Å². The predicted molar refractivity (Wildman–Crippen MR) is 44.3 cm³/mol. The number of aliphatic hydroxyl groups is 1. The highest BCUT2D eigenvalue weighted by Gasteiger charge is 2.42. The summed E-state index contributed by atoms with van der Waals surface area (Å²) < 4.78 is 0. The molecule has 1 amide bonds. The second-order valence-corrected chi connectivity index (χ2v) is 3.95. The number of amides is 1. The zero-order chi connectivity index (χ0) is 8.60. The molecule has 0 unspecified atom stereocenters. The summed E-state index contributed by atoms with van der Waals surface area (Å²) in [5.74, 6) is 0.319. The lowest BCUT2D eigenvalue weighted by atomic mass is 9.76. The second kappa shape index (κ2) is 2.73. The molecule has 1 aliphatic heterocycles. The molecule has 0 spiro atoms. The Morgan fingerprint density at radius 2 is 2.25 bits per heavy atom. The van der Waals surface area contributed by atoms with Gasteiger partial charge in [0.25, 0.3) is 0 Å². The first-order valence-electron chi connectivity index (χ1n) is 4.74. The molecule has 68 valence electrons. The maximum atomic E-state index is 11.1. The van der Waals surface area contributed by atoms with Gasteiger partial charge in [-0.3, -0.25) is 4.79 Å². The molecule has 2 atom stereocenters. The molecule has 3 nitrogen and oxygen atoms in total. The predicted octanol–water partition coefficient (Wildman–Crippen LogP) is 0.775. The summed E-state index contributed by atoms with van der Waals surface area (Å²) >= 11 is 0. The lowest BCUT2D eigenvalue weighted by molar-refractivity contribution is -0.146. The molecule has 1 saturated carbocycles. The van der Waals surface area contributed by atoms with E-state index in [1.165, 1.54) is 6.42 Å². The fraction of sp³-hybridized carbons (Fsp3) is 0.889. The minimum absolute atomic E-state index is 0.00986. The Labute approximate surface area is 72.2 Å². The van der Waals surface area contributed by atoms with E-state index in [-0.39, 0.29) is 5.91 Å². The number of hydrogen-bond acceptors (Lipinski definition) is 2. The van der Waals surface area contributed by atoms with Crippen molar-refractivity contribution in [1.82, 2.24) is 5.32 Å². The van der Waals surface area contributed by atoms with Crippen molar-refractivity contribution in [1.29, 1.82) is 0 Å². The van der Waals surface area contributed by atoms with Crippen molar-refractivity contribution >= 4 is 5.91 Å². The van der Waals surface area contributed by atoms with E-state index in [0.717, 1.165) is 25.7 Å². The van der Waals surface area contributed by atoms with Gasteiger partial charge in [-0.2, -0.15) is 0 Å². The van der Waals surface area contributed by atoms with E-state index in [1.807, 2.05) is 0 Å². The van der Waals surface area contributed by atoms with Gasteiger partial charge in [0.1, 0.15) is 5.72 Å². The van der Waals surface area contributed by atoms with Gasteiger partial charge in [0.15, 0.2) is 0 Å². The lowest BCUT2D eigenvalue weighted by Crippen LogP contribution is -2.58. The smallest absolute Gasteiger partial charge is 0.222 e. The van der Waals surface area contributed by atoms with Gasteiger partial charge in [-0.15, -0.1) is 0 Å². The zero-order valence-electron chi connectivity index (χ0n) is 7.18. The standard InChI is InChI=1S/C9H15NO2/c11-8-5-4-7-3-1-2-6-9(7,12)10-8/h7,12H,1-6H2,(H,10,11)/t7-,9+/m1/s1. The Bertz CT molecular complexity index is 205. The third-order valence-electron chi connectivity index (χ3n) is 3.11. The van der Waals surface area contributed by atoms with Crippen LogP contribution in [0, 0.1) is 5.92 Å². The first-order chi connectivity index (χ1) is 5.71. The normalized spacial score (nSPS) is 41.8. The Morgan fingerprint density at radius 3 is 3.08 bits per heavy atom. The molecule has 3 heteroatoms. The molecule has 12 heavy (non-hydrogen) atoms. The zero-order valence-corrected chi connectivity index (χ0v) is 7.18. The minimum atomic E-state index is -0.854. The number of carbonyl (C=O) groups excluding carboxylic acids is 1. The largest absolute Gasteiger partial charge is 0.371 e. The summed E-state index contributed by atoms with van der Waals surface area (Å²) in [6.45, 7) is 0. The van der Waals surface area contributed by atoms with Crippen LogP contribution in [-0.2, 0) is 4.79 Å². The average Bonchev–Trinajstić information content (AvgIpc) is 2.02. The van der Waals surface area contributed by atoms with Gasteiger partial charge < -0.3 is 10.4 Å². The van der Waals surface area contributed by atoms with Gasteiger partial charge in [-0.25, -0.2) is 0 Å². The molecule has 2 rings (SSSR count). The molecule has 0 aromatic rings. The number of hydrogen-bond donors (Lipinski definition) is 2. The van der Waals surface area contributed by atoms with E-state index in [0.29, 0.717) is 12.3 Å². The third-order valence-corrected chi connectivity index (χ3v) is 3.11. The molecule has 0 radical (unpaired) electrons. The highest BCUT2D eigenvalue weighted by molar-refractivity contribution is 5.77. The second-order valence-electron chi connectivity index (χ2n) is 3.95. The number of piperidine rings is 1. The van der Waals surface area contributed by atoms with Crippen LogP contribution >= 0.6 is 0 Å². The molecule has 2 N–H and O–H groups in total. The number of rotatable bonds is 0. The Hall–Kier alpha value is -0.570. The number of fused-ring (bicyclic) bond motifs is 1. The summed E-state index contributed by atoms with van der Waals surface area (Å²) in [5, 5.41) is 12.7. The monoisotopic (exact) mass is 169 g/mol. The van der Waals surface area contributed by atoms with Crippen LogP contribution in [-0.4, -0.2) is 16.7 Å². The molecule has 1 saturated heterocycles. The lowest BCUT2D eigenvalue weighted by Gasteiger charge is -2.43. The summed E-state index contributed by atoms with van der Waals surface area (Å²) in [5.41, 5.74) is -0.854. The van der Waals surface area contributed by atoms with E-state index in [4.69, 9.17) is 0 Å². The maximum Gasteiger partial charge on any atom is 0.222 e. The average molecular weight is 169 g/mol. The highest BCUT2D eigenvalue weighted by atomic mass is 16.3. The van der Waals surface area contributed by atoms with Crippen LogP contribution in [0.1, 0.15) is 38.5 Å². The minimum Gasteiger partial charge on any atom is -0.371 e. The van der Waals surface area contributed by atoms with Gasteiger partial charge >= 0.3 is 0 Å². The molecule has 2 fully saturated rings. The Kier molecular flexibility index (Phi) is 1.83. The fourth-order valence-electron chi connectivity index (χ4n) is 2.39. The molecule has 1 heterocycles. The molecular formula is C9H15NO2. The van der Waals surface area contributed by atoms with Gasteiger partial charge in [0.2, 0.25) is 5.91 Å². The van der Waals surface area contributed by atoms with Gasteiger partial charge in [0, 0.05) is 12.3 Å². The fourth-order valence-corrected chi connectivity index (χ4v) is 2.39. The van der Waals surface area contributed by atoms with Crippen LogP contribution in [0.25, 0.3) is 0 Å². The van der Waals surface area contributed by atoms with Gasteiger partial charge in [-0.1, -0.05) is 6.42 Å². The first-order valence-corrected chi connectivity index (χ1v) is 4.74. The summed E-state index contributed by atoms with van der Waals surface area (Å²) in [6, 6.07) is 0. The third kappa shape index (κ3) is 1.22. The Balaban J connectivity index is 2.12. The van der Waals surface area contributed by atoms with Crippen LogP contribution in [0.3, 0.4) is 0 Å². The van der Waals surface area contributed by atoms with E-state index >= 15 is 0 Å². The highest BCUT2D eigenvalue weighted by Crippen LogP contribution is 2.37. The van der Waals surface area contributed by atoms with Crippen molar-refractivity contribution in [3.8, 4) is 0 Å². The quantitative estimate of drug-likeness (QED) is 0.563. The van der Waals surface area contributed by atoms with Crippen LogP contribution < -0.4 is 5.32 Å². The summed E-state index contributed by atoms with van der Waals surface area (Å²) in [6.07, 6.45) is 5.49. The number of nitrogens with one attached hydrogen (secondary N) is 1. The van der Waals surface area contributed by atoms with Crippen molar-refractivity contribution < 1.29 is 9.90 Å². The van der Waals surface area contributed by atoms with Crippen molar-refractivity contribution in [2.45, 2.75) is 44.2 Å².